The molecule has 2 nitrogen and oxygen atoms in total. The van der Waals surface area contributed by atoms with Gasteiger partial charge in [0, 0.05) is 0 Å². The molecule has 0 bridgehead atoms. The molecule has 0 saturated heterocycles. The first kappa shape index (κ1) is 13.6. The van der Waals surface area contributed by atoms with E-state index in [0.717, 1.165) is 18.7 Å². The first-order chi connectivity index (χ1) is 9.28. The number of ether oxygens (including phenoxy) is 1. The molecule has 0 aliphatic heterocycles. The van der Waals surface area contributed by atoms with Gasteiger partial charge in [-0.2, -0.15) is 0 Å². The number of hydrogen-bond donors (Lipinski definition) is 1. The maximum Gasteiger partial charge on any atom is 0.119 e. The van der Waals surface area contributed by atoms with Crippen LogP contribution in [0.25, 0.3) is 0 Å². The van der Waals surface area contributed by atoms with Gasteiger partial charge < -0.3 is 10.1 Å². The highest BCUT2D eigenvalue weighted by molar-refractivity contribution is 5.27. The van der Waals surface area contributed by atoms with Crippen molar-refractivity contribution < 1.29 is 4.74 Å². The number of nitrogens with one attached hydrogen (secondary N) is 1. The average molecular weight is 255 g/mol. The van der Waals surface area contributed by atoms with E-state index >= 15 is 0 Å². The zero-order valence-corrected chi connectivity index (χ0v) is 11.6. The van der Waals surface area contributed by atoms with Crippen LogP contribution in [0.1, 0.15) is 16.7 Å². The lowest BCUT2D eigenvalue weighted by atomic mass is 10.1. The Kier molecular flexibility index (Phi) is 4.99. The molecule has 0 amide bonds. The zero-order valence-electron chi connectivity index (χ0n) is 11.6. The molecule has 0 aliphatic carbocycles. The predicted octanol–water partition coefficient (Wildman–Crippen LogP) is 3.34. The third-order valence-corrected chi connectivity index (χ3v) is 3.11. The predicted molar refractivity (Wildman–Crippen MR) is 79.6 cm³/mol. The van der Waals surface area contributed by atoms with Gasteiger partial charge in [0.1, 0.15) is 12.4 Å². The molecule has 1 N–H and O–H groups in total. The highest BCUT2D eigenvalue weighted by Gasteiger charge is 1.97. The summed E-state index contributed by atoms with van der Waals surface area (Å²) in [5, 5.41) is 3.16. The topological polar surface area (TPSA) is 21.3 Å². The lowest BCUT2D eigenvalue weighted by molar-refractivity contribution is 0.306. The van der Waals surface area contributed by atoms with Crippen molar-refractivity contribution in [3.63, 3.8) is 0 Å². The number of hydrogen-bond acceptors (Lipinski definition) is 2. The smallest absolute Gasteiger partial charge is 0.119 e. The van der Waals surface area contributed by atoms with Crippen molar-refractivity contribution in [2.24, 2.45) is 0 Å². The summed E-state index contributed by atoms with van der Waals surface area (Å²) in [5.41, 5.74) is 3.81. The highest BCUT2D eigenvalue weighted by Crippen LogP contribution is 2.14. The van der Waals surface area contributed by atoms with E-state index < -0.39 is 0 Å². The van der Waals surface area contributed by atoms with Gasteiger partial charge in [-0.3, -0.25) is 0 Å². The third-order valence-electron chi connectivity index (χ3n) is 3.11. The Morgan fingerprint density at radius 1 is 0.895 bits per heavy atom. The van der Waals surface area contributed by atoms with Crippen molar-refractivity contribution in [3.8, 4) is 5.75 Å². The van der Waals surface area contributed by atoms with Crippen molar-refractivity contribution in [1.82, 2.24) is 5.32 Å². The normalized spacial score (nSPS) is 10.4. The van der Waals surface area contributed by atoms with E-state index in [1.54, 1.807) is 0 Å². The lowest BCUT2D eigenvalue weighted by Crippen LogP contribution is -2.10. The lowest BCUT2D eigenvalue weighted by Gasteiger charge is -2.07. The van der Waals surface area contributed by atoms with Crippen LogP contribution in [-0.4, -0.2) is 13.6 Å². The van der Waals surface area contributed by atoms with Crippen LogP contribution in [0.4, 0.5) is 0 Å². The van der Waals surface area contributed by atoms with E-state index in [2.05, 4.69) is 48.6 Å². The van der Waals surface area contributed by atoms with Gasteiger partial charge >= 0.3 is 0 Å². The van der Waals surface area contributed by atoms with Crippen molar-refractivity contribution in [3.05, 3.63) is 65.2 Å². The molecule has 2 aromatic rings. The summed E-state index contributed by atoms with van der Waals surface area (Å²) in [6, 6.07) is 16.8. The standard InChI is InChI=1S/C17H21NO/c1-14-3-9-17(10-4-14)19-13-16-7-5-15(6-8-16)11-12-18-2/h3-10,18H,11-13H2,1-2H3. The summed E-state index contributed by atoms with van der Waals surface area (Å²) in [5.74, 6) is 0.921. The third kappa shape index (κ3) is 4.42. The van der Waals surface area contributed by atoms with E-state index in [1.165, 1.54) is 16.7 Å². The maximum absolute atomic E-state index is 5.76. The van der Waals surface area contributed by atoms with Gasteiger partial charge in [0.15, 0.2) is 0 Å². The number of benzene rings is 2. The molecular weight excluding hydrogens is 234 g/mol. The molecule has 2 heteroatoms. The Labute approximate surface area is 115 Å². The Morgan fingerprint density at radius 2 is 1.53 bits per heavy atom. The Morgan fingerprint density at radius 3 is 2.16 bits per heavy atom. The van der Waals surface area contributed by atoms with Gasteiger partial charge in [0.05, 0.1) is 0 Å². The Bertz CT molecular complexity index is 488. The molecule has 0 spiro atoms. The van der Waals surface area contributed by atoms with Gasteiger partial charge in [0.25, 0.3) is 0 Å². The van der Waals surface area contributed by atoms with Crippen LogP contribution in [0.2, 0.25) is 0 Å². The van der Waals surface area contributed by atoms with E-state index in [0.29, 0.717) is 6.61 Å². The van der Waals surface area contributed by atoms with E-state index in [-0.39, 0.29) is 0 Å². The van der Waals surface area contributed by atoms with Crippen molar-refractivity contribution in [1.29, 1.82) is 0 Å². The summed E-state index contributed by atoms with van der Waals surface area (Å²) in [6.45, 7) is 3.71. The quantitative estimate of drug-likeness (QED) is 0.855. The Balaban J connectivity index is 1.87. The van der Waals surface area contributed by atoms with Crippen LogP contribution in [-0.2, 0) is 13.0 Å². The van der Waals surface area contributed by atoms with Crippen LogP contribution in [0.3, 0.4) is 0 Å². The molecule has 0 atom stereocenters. The molecule has 0 fully saturated rings. The summed E-state index contributed by atoms with van der Waals surface area (Å²) < 4.78 is 5.76. The van der Waals surface area contributed by atoms with E-state index in [4.69, 9.17) is 4.74 Å². The zero-order chi connectivity index (χ0) is 13.5. The monoisotopic (exact) mass is 255 g/mol. The summed E-state index contributed by atoms with van der Waals surface area (Å²) >= 11 is 0. The first-order valence-electron chi connectivity index (χ1n) is 6.70. The number of aryl methyl sites for hydroxylation is 1. The minimum absolute atomic E-state index is 0.620. The second kappa shape index (κ2) is 6.95. The Hall–Kier alpha value is -1.80. The first-order valence-corrected chi connectivity index (χ1v) is 6.70. The largest absolute Gasteiger partial charge is 0.489 e. The summed E-state index contributed by atoms with van der Waals surface area (Å²) in [7, 11) is 1.98. The van der Waals surface area contributed by atoms with Crippen LogP contribution >= 0.6 is 0 Å². The molecule has 0 saturated carbocycles. The van der Waals surface area contributed by atoms with Crippen LogP contribution < -0.4 is 10.1 Å². The van der Waals surface area contributed by atoms with Gasteiger partial charge in [-0.25, -0.2) is 0 Å². The van der Waals surface area contributed by atoms with Gasteiger partial charge in [0.2, 0.25) is 0 Å². The molecule has 0 unspecified atom stereocenters. The minimum atomic E-state index is 0.620. The molecule has 0 radical (unpaired) electrons. The van der Waals surface area contributed by atoms with Gasteiger partial charge in [-0.05, 0) is 50.2 Å². The van der Waals surface area contributed by atoms with Crippen LogP contribution in [0.15, 0.2) is 48.5 Å². The van der Waals surface area contributed by atoms with E-state index in [1.807, 2.05) is 19.2 Å². The second-order valence-corrected chi connectivity index (χ2v) is 4.77. The van der Waals surface area contributed by atoms with E-state index in [9.17, 15) is 0 Å². The van der Waals surface area contributed by atoms with Crippen molar-refractivity contribution in [2.45, 2.75) is 20.0 Å². The second-order valence-electron chi connectivity index (χ2n) is 4.77. The molecule has 19 heavy (non-hydrogen) atoms. The molecule has 100 valence electrons. The highest BCUT2D eigenvalue weighted by atomic mass is 16.5. The fraction of sp³-hybridized carbons (Fsp3) is 0.294. The molecule has 0 aromatic heterocycles. The molecule has 0 heterocycles. The van der Waals surface area contributed by atoms with Gasteiger partial charge in [-0.15, -0.1) is 0 Å². The minimum Gasteiger partial charge on any atom is -0.489 e. The summed E-state index contributed by atoms with van der Waals surface area (Å²) in [6.07, 6.45) is 1.07. The number of likely N-dealkylation sites (N-methyl/N-ethyl adjacent to an activating group) is 1. The molecule has 2 rings (SSSR count). The molecular formula is C17H21NO. The fourth-order valence-electron chi connectivity index (χ4n) is 1.87. The average Bonchev–Trinajstić information content (AvgIpc) is 2.46. The van der Waals surface area contributed by atoms with Crippen LogP contribution in [0, 0.1) is 6.92 Å². The number of rotatable bonds is 6. The fourth-order valence-corrected chi connectivity index (χ4v) is 1.87. The van der Waals surface area contributed by atoms with Crippen LogP contribution in [0.5, 0.6) is 5.75 Å². The van der Waals surface area contributed by atoms with Gasteiger partial charge in [-0.1, -0.05) is 42.0 Å². The summed E-state index contributed by atoms with van der Waals surface area (Å²) in [4.78, 5) is 0. The SMILES string of the molecule is CNCCc1ccc(COc2ccc(C)cc2)cc1. The van der Waals surface area contributed by atoms with Crippen molar-refractivity contribution >= 4 is 0 Å². The van der Waals surface area contributed by atoms with Crippen molar-refractivity contribution in [2.75, 3.05) is 13.6 Å². The molecule has 0 aliphatic rings. The molecule has 2 aromatic carbocycles. The maximum atomic E-state index is 5.76.